The van der Waals surface area contributed by atoms with Crippen LogP contribution in [0.5, 0.6) is 5.75 Å². The number of rotatable bonds is 7. The van der Waals surface area contributed by atoms with Gasteiger partial charge in [0.15, 0.2) is 0 Å². The maximum atomic E-state index is 5.38. The summed E-state index contributed by atoms with van der Waals surface area (Å²) in [6, 6.07) is 22.1. The zero-order chi connectivity index (χ0) is 19.2. The topological polar surface area (TPSA) is 51.4 Å². The van der Waals surface area contributed by atoms with Gasteiger partial charge in [-0.2, -0.15) is 10.2 Å². The normalized spacial score (nSPS) is 11.0. The van der Waals surface area contributed by atoms with Crippen LogP contribution in [0.3, 0.4) is 0 Å². The fourth-order valence-corrected chi connectivity index (χ4v) is 3.63. The number of para-hydroxylation sites is 2. The van der Waals surface area contributed by atoms with E-state index < -0.39 is 0 Å². The van der Waals surface area contributed by atoms with Gasteiger partial charge in [-0.15, -0.1) is 11.3 Å². The molecule has 0 bridgehead atoms. The molecule has 0 saturated heterocycles. The number of aromatic nitrogens is 2. The van der Waals surface area contributed by atoms with Gasteiger partial charge in [-0.05, 0) is 29.6 Å². The van der Waals surface area contributed by atoms with E-state index in [0.717, 1.165) is 33.1 Å². The fraction of sp³-hybridized carbons (Fsp3) is 0.0909. The van der Waals surface area contributed by atoms with Crippen molar-refractivity contribution in [2.75, 3.05) is 7.11 Å². The number of thiophene rings is 1. The van der Waals surface area contributed by atoms with Gasteiger partial charge in [0.2, 0.25) is 0 Å². The molecular weight excluding hydrogens is 368 g/mol. The molecule has 2 heterocycles. The van der Waals surface area contributed by atoms with Gasteiger partial charge in [-0.25, -0.2) is 4.68 Å². The number of hydrogen-bond acceptors (Lipinski definition) is 5. The number of nitrogens with one attached hydrogen (secondary N) is 1. The summed E-state index contributed by atoms with van der Waals surface area (Å²) in [6.07, 6.45) is 3.82. The smallest absolute Gasteiger partial charge is 0.123 e. The van der Waals surface area contributed by atoms with Crippen LogP contribution in [0.25, 0.3) is 16.3 Å². The van der Waals surface area contributed by atoms with Gasteiger partial charge in [-0.3, -0.25) is 0 Å². The van der Waals surface area contributed by atoms with Crippen LogP contribution in [0.2, 0.25) is 0 Å². The molecule has 4 rings (SSSR count). The third kappa shape index (κ3) is 3.97. The number of nitrogens with zero attached hydrogens (tertiary/aromatic N) is 3. The first-order valence-electron chi connectivity index (χ1n) is 8.92. The Balaban J connectivity index is 1.56. The van der Waals surface area contributed by atoms with E-state index in [2.05, 4.69) is 22.0 Å². The fourth-order valence-electron chi connectivity index (χ4n) is 2.89. The molecule has 6 heteroatoms. The Morgan fingerprint density at radius 1 is 1.07 bits per heavy atom. The third-order valence-electron chi connectivity index (χ3n) is 4.27. The molecule has 4 aromatic rings. The molecule has 0 spiro atoms. The largest absolute Gasteiger partial charge is 0.496 e. The molecule has 0 atom stereocenters. The molecule has 1 N–H and O–H groups in total. The average Bonchev–Trinajstić information content (AvgIpc) is 3.42. The predicted octanol–water partition coefficient (Wildman–Crippen LogP) is 4.73. The van der Waals surface area contributed by atoms with Gasteiger partial charge in [0, 0.05) is 17.3 Å². The Bertz CT molecular complexity index is 1060. The minimum Gasteiger partial charge on any atom is -0.496 e. The second kappa shape index (κ2) is 8.54. The molecular formula is C22H20N4OS. The van der Waals surface area contributed by atoms with E-state index in [1.807, 2.05) is 77.8 Å². The summed E-state index contributed by atoms with van der Waals surface area (Å²) in [6.45, 7) is 0.585. The Labute approximate surface area is 167 Å². The summed E-state index contributed by atoms with van der Waals surface area (Å²) in [5, 5.41) is 11.2. The lowest BCUT2D eigenvalue weighted by molar-refractivity contribution is 0.408. The van der Waals surface area contributed by atoms with Crippen LogP contribution in [-0.2, 0) is 6.54 Å². The summed E-state index contributed by atoms with van der Waals surface area (Å²) in [4.78, 5) is 1.11. The first kappa shape index (κ1) is 18.0. The molecule has 0 aliphatic heterocycles. The lowest BCUT2D eigenvalue weighted by Crippen LogP contribution is -2.06. The van der Waals surface area contributed by atoms with Crippen LogP contribution in [0, 0.1) is 0 Å². The van der Waals surface area contributed by atoms with Gasteiger partial charge in [0.25, 0.3) is 0 Å². The molecule has 2 aromatic heterocycles. The molecule has 0 fully saturated rings. The van der Waals surface area contributed by atoms with Crippen molar-refractivity contribution in [2.24, 2.45) is 5.10 Å². The summed E-state index contributed by atoms with van der Waals surface area (Å²) in [5.74, 6) is 0.848. The van der Waals surface area contributed by atoms with Crippen molar-refractivity contribution in [3.63, 3.8) is 0 Å². The van der Waals surface area contributed by atoms with Crippen LogP contribution >= 0.6 is 11.3 Å². The maximum Gasteiger partial charge on any atom is 0.123 e. The Morgan fingerprint density at radius 2 is 1.89 bits per heavy atom. The van der Waals surface area contributed by atoms with E-state index >= 15 is 0 Å². The summed E-state index contributed by atoms with van der Waals surface area (Å²) in [7, 11) is 1.67. The molecule has 0 unspecified atom stereocenters. The quantitative estimate of drug-likeness (QED) is 0.368. The number of hydrazone groups is 1. The van der Waals surface area contributed by atoms with Crippen molar-refractivity contribution < 1.29 is 4.74 Å². The first-order valence-corrected chi connectivity index (χ1v) is 9.80. The van der Waals surface area contributed by atoms with Crippen LogP contribution < -0.4 is 10.2 Å². The van der Waals surface area contributed by atoms with Crippen molar-refractivity contribution in [2.45, 2.75) is 6.54 Å². The molecule has 0 amide bonds. The van der Waals surface area contributed by atoms with Crippen LogP contribution in [0.1, 0.15) is 11.1 Å². The molecule has 2 aromatic carbocycles. The zero-order valence-corrected chi connectivity index (χ0v) is 16.3. The highest BCUT2D eigenvalue weighted by Gasteiger charge is 2.11. The predicted molar refractivity (Wildman–Crippen MR) is 114 cm³/mol. The van der Waals surface area contributed by atoms with E-state index in [4.69, 9.17) is 9.84 Å². The van der Waals surface area contributed by atoms with E-state index in [-0.39, 0.29) is 0 Å². The number of benzene rings is 2. The highest BCUT2D eigenvalue weighted by atomic mass is 32.1. The molecule has 140 valence electrons. The Morgan fingerprint density at radius 3 is 2.68 bits per heavy atom. The number of ether oxygens (including phenoxy) is 1. The number of hydrogen-bond donors (Lipinski definition) is 1. The van der Waals surface area contributed by atoms with Crippen molar-refractivity contribution in [1.29, 1.82) is 0 Å². The average molecular weight is 388 g/mol. The van der Waals surface area contributed by atoms with E-state index in [0.29, 0.717) is 6.54 Å². The minimum absolute atomic E-state index is 0.585. The standard InChI is InChI=1S/C22H20N4OS/c1-27-20-11-6-5-8-17(20)14-23-24-15-18-16-26(19-9-3-2-4-10-19)25-22(18)21-12-7-13-28-21/h2-13,15-16,23H,14H2,1H3/b24-15+. The molecule has 0 saturated carbocycles. The van der Waals surface area contributed by atoms with Gasteiger partial charge in [-0.1, -0.05) is 42.5 Å². The van der Waals surface area contributed by atoms with Crippen LogP contribution in [-0.4, -0.2) is 23.1 Å². The summed E-state index contributed by atoms with van der Waals surface area (Å²) >= 11 is 1.67. The highest BCUT2D eigenvalue weighted by Crippen LogP contribution is 2.26. The first-order chi connectivity index (χ1) is 13.8. The Kier molecular flexibility index (Phi) is 5.49. The van der Waals surface area contributed by atoms with E-state index in [9.17, 15) is 0 Å². The third-order valence-corrected chi connectivity index (χ3v) is 5.15. The zero-order valence-electron chi connectivity index (χ0n) is 15.4. The van der Waals surface area contributed by atoms with Crippen LogP contribution in [0.4, 0.5) is 0 Å². The van der Waals surface area contributed by atoms with E-state index in [1.165, 1.54) is 0 Å². The summed E-state index contributed by atoms with van der Waals surface area (Å²) < 4.78 is 7.26. The van der Waals surface area contributed by atoms with Crippen molar-refractivity contribution >= 4 is 17.6 Å². The second-order valence-electron chi connectivity index (χ2n) is 6.10. The molecule has 5 nitrogen and oxygen atoms in total. The van der Waals surface area contributed by atoms with Crippen molar-refractivity contribution in [1.82, 2.24) is 15.2 Å². The second-order valence-corrected chi connectivity index (χ2v) is 7.04. The minimum atomic E-state index is 0.585. The van der Waals surface area contributed by atoms with Gasteiger partial charge in [0.05, 0.1) is 30.4 Å². The van der Waals surface area contributed by atoms with E-state index in [1.54, 1.807) is 18.4 Å². The maximum absolute atomic E-state index is 5.38. The van der Waals surface area contributed by atoms with Crippen molar-refractivity contribution in [3.8, 4) is 22.0 Å². The van der Waals surface area contributed by atoms with Gasteiger partial charge in [0.1, 0.15) is 11.4 Å². The van der Waals surface area contributed by atoms with Crippen LogP contribution in [0.15, 0.2) is 83.4 Å². The highest BCUT2D eigenvalue weighted by molar-refractivity contribution is 7.13. The Hall–Kier alpha value is -3.38. The van der Waals surface area contributed by atoms with Gasteiger partial charge < -0.3 is 10.2 Å². The SMILES string of the molecule is COc1ccccc1CN/N=C/c1cn(-c2ccccc2)nc1-c1cccs1. The molecule has 0 aliphatic rings. The lowest BCUT2D eigenvalue weighted by Gasteiger charge is -2.07. The number of methoxy groups -OCH3 is 1. The van der Waals surface area contributed by atoms with Crippen molar-refractivity contribution in [3.05, 3.63) is 89.4 Å². The molecule has 0 radical (unpaired) electrons. The monoisotopic (exact) mass is 388 g/mol. The molecule has 0 aliphatic carbocycles. The molecule has 28 heavy (non-hydrogen) atoms. The lowest BCUT2D eigenvalue weighted by atomic mass is 10.2. The van der Waals surface area contributed by atoms with Gasteiger partial charge >= 0.3 is 0 Å². The summed E-state index contributed by atoms with van der Waals surface area (Å²) in [5.41, 5.74) is 7.05.